The Morgan fingerprint density at radius 2 is 1.64 bits per heavy atom. The highest BCUT2D eigenvalue weighted by Gasteiger charge is 2.21. The van der Waals surface area contributed by atoms with Gasteiger partial charge >= 0.3 is 0 Å². The van der Waals surface area contributed by atoms with E-state index in [9.17, 15) is 8.42 Å². The molecule has 0 saturated carbocycles. The number of benzene rings is 2. The summed E-state index contributed by atoms with van der Waals surface area (Å²) in [6.07, 6.45) is 1.57. The second-order valence-electron chi connectivity index (χ2n) is 5.00. The smallest absolute Gasteiger partial charge is 0.207 e. The minimum absolute atomic E-state index is 0.235. The molecular formula is C17H18ClNO2S. The van der Waals surface area contributed by atoms with Gasteiger partial charge in [0.05, 0.1) is 0 Å². The Kier molecular flexibility index (Phi) is 5.40. The van der Waals surface area contributed by atoms with E-state index < -0.39 is 10.0 Å². The number of hydrogen-bond acceptors (Lipinski definition) is 2. The molecule has 0 amide bonds. The van der Waals surface area contributed by atoms with Crippen LogP contribution in [-0.4, -0.2) is 19.8 Å². The van der Waals surface area contributed by atoms with Gasteiger partial charge in [0.1, 0.15) is 0 Å². The zero-order chi connectivity index (χ0) is 16.2. The molecule has 0 fully saturated rings. The molecule has 0 aromatic heterocycles. The van der Waals surface area contributed by atoms with Crippen molar-refractivity contribution in [2.45, 2.75) is 13.0 Å². The summed E-state index contributed by atoms with van der Waals surface area (Å²) in [7, 11) is -1.91. The molecule has 1 atom stereocenters. The van der Waals surface area contributed by atoms with E-state index in [-0.39, 0.29) is 6.04 Å². The van der Waals surface area contributed by atoms with Gasteiger partial charge in [0.15, 0.2) is 0 Å². The van der Waals surface area contributed by atoms with Crippen LogP contribution in [0.15, 0.2) is 60.0 Å². The SMILES string of the molecule is CC(c1ccccc1)N(C)S(=O)(=O)/C=C/c1ccc(Cl)cc1. The van der Waals surface area contributed by atoms with Crippen molar-refractivity contribution < 1.29 is 8.42 Å². The van der Waals surface area contributed by atoms with Crippen molar-refractivity contribution >= 4 is 27.7 Å². The Bertz CT molecular complexity index is 740. The van der Waals surface area contributed by atoms with Crippen molar-refractivity contribution in [2.24, 2.45) is 0 Å². The Morgan fingerprint density at radius 1 is 1.05 bits per heavy atom. The van der Waals surface area contributed by atoms with Gasteiger partial charge in [-0.05, 0) is 36.3 Å². The second-order valence-corrected chi connectivity index (χ2v) is 7.32. The molecule has 2 aromatic carbocycles. The maximum atomic E-state index is 12.4. The van der Waals surface area contributed by atoms with Gasteiger partial charge in [-0.1, -0.05) is 54.1 Å². The van der Waals surface area contributed by atoms with Crippen LogP contribution < -0.4 is 0 Å². The maximum absolute atomic E-state index is 12.4. The van der Waals surface area contributed by atoms with Crippen LogP contribution in [0.3, 0.4) is 0 Å². The molecule has 116 valence electrons. The van der Waals surface area contributed by atoms with Crippen LogP contribution in [0.4, 0.5) is 0 Å². The lowest BCUT2D eigenvalue weighted by atomic mass is 10.1. The fourth-order valence-corrected chi connectivity index (χ4v) is 3.21. The number of hydrogen-bond donors (Lipinski definition) is 0. The van der Waals surface area contributed by atoms with Crippen molar-refractivity contribution in [1.82, 2.24) is 4.31 Å². The summed E-state index contributed by atoms with van der Waals surface area (Å²) >= 11 is 5.81. The van der Waals surface area contributed by atoms with Gasteiger partial charge in [-0.25, -0.2) is 8.42 Å². The van der Waals surface area contributed by atoms with Gasteiger partial charge in [-0.15, -0.1) is 0 Å². The summed E-state index contributed by atoms with van der Waals surface area (Å²) in [4.78, 5) is 0. The fourth-order valence-electron chi connectivity index (χ4n) is 2.00. The van der Waals surface area contributed by atoms with E-state index in [1.54, 1.807) is 37.4 Å². The van der Waals surface area contributed by atoms with Gasteiger partial charge in [0.2, 0.25) is 10.0 Å². The normalized spacial score (nSPS) is 13.6. The first kappa shape index (κ1) is 16.7. The lowest BCUT2D eigenvalue weighted by molar-refractivity contribution is 0.404. The van der Waals surface area contributed by atoms with Crippen LogP contribution in [0, 0.1) is 0 Å². The molecule has 0 N–H and O–H groups in total. The van der Waals surface area contributed by atoms with E-state index >= 15 is 0 Å². The third kappa shape index (κ3) is 4.19. The molecule has 2 aromatic rings. The van der Waals surface area contributed by atoms with Crippen LogP contribution in [-0.2, 0) is 10.0 Å². The lowest BCUT2D eigenvalue weighted by Gasteiger charge is -2.23. The van der Waals surface area contributed by atoms with E-state index in [1.165, 1.54) is 9.71 Å². The van der Waals surface area contributed by atoms with E-state index in [4.69, 9.17) is 11.6 Å². The van der Waals surface area contributed by atoms with E-state index in [0.717, 1.165) is 11.1 Å². The van der Waals surface area contributed by atoms with Gasteiger partial charge in [-0.3, -0.25) is 0 Å². The molecule has 0 heterocycles. The Balaban J connectivity index is 2.17. The second kappa shape index (κ2) is 7.09. The molecule has 0 aliphatic rings. The molecule has 0 bridgehead atoms. The number of halogens is 1. The predicted octanol–water partition coefficient (Wildman–Crippen LogP) is 4.33. The monoisotopic (exact) mass is 335 g/mol. The minimum Gasteiger partial charge on any atom is -0.207 e. The first-order chi connectivity index (χ1) is 10.4. The van der Waals surface area contributed by atoms with Crippen LogP contribution in [0.25, 0.3) is 6.08 Å². The van der Waals surface area contributed by atoms with Crippen molar-refractivity contribution in [3.05, 3.63) is 76.2 Å². The van der Waals surface area contributed by atoms with Gasteiger partial charge < -0.3 is 0 Å². The highest BCUT2D eigenvalue weighted by Crippen LogP contribution is 2.22. The minimum atomic E-state index is -3.50. The molecule has 2 rings (SSSR count). The van der Waals surface area contributed by atoms with Crippen LogP contribution in [0.2, 0.25) is 5.02 Å². The quantitative estimate of drug-likeness (QED) is 0.815. The van der Waals surface area contributed by atoms with E-state index in [2.05, 4.69) is 0 Å². The van der Waals surface area contributed by atoms with Crippen LogP contribution in [0.5, 0.6) is 0 Å². The molecule has 5 heteroatoms. The maximum Gasteiger partial charge on any atom is 0.236 e. The molecule has 0 aliphatic carbocycles. The molecule has 0 aliphatic heterocycles. The summed E-state index contributed by atoms with van der Waals surface area (Å²) in [5, 5.41) is 1.84. The van der Waals surface area contributed by atoms with E-state index in [0.29, 0.717) is 5.02 Å². The van der Waals surface area contributed by atoms with Crippen molar-refractivity contribution in [3.8, 4) is 0 Å². The highest BCUT2D eigenvalue weighted by molar-refractivity contribution is 7.92. The molecule has 0 spiro atoms. The average molecular weight is 336 g/mol. The van der Waals surface area contributed by atoms with Crippen molar-refractivity contribution in [2.75, 3.05) is 7.05 Å². The first-order valence-corrected chi connectivity index (χ1v) is 8.75. The summed E-state index contributed by atoms with van der Waals surface area (Å²) in [6.45, 7) is 1.86. The average Bonchev–Trinajstić information content (AvgIpc) is 2.54. The Morgan fingerprint density at radius 3 is 2.23 bits per heavy atom. The summed E-state index contributed by atoms with van der Waals surface area (Å²) < 4.78 is 26.2. The third-order valence-electron chi connectivity index (χ3n) is 3.53. The third-order valence-corrected chi connectivity index (χ3v) is 5.38. The first-order valence-electron chi connectivity index (χ1n) is 6.87. The predicted molar refractivity (Wildman–Crippen MR) is 92.0 cm³/mol. The zero-order valence-electron chi connectivity index (χ0n) is 12.5. The number of rotatable bonds is 5. The molecule has 22 heavy (non-hydrogen) atoms. The molecule has 0 radical (unpaired) electrons. The number of sulfonamides is 1. The number of nitrogens with zero attached hydrogens (tertiary/aromatic N) is 1. The zero-order valence-corrected chi connectivity index (χ0v) is 14.1. The molecular weight excluding hydrogens is 318 g/mol. The largest absolute Gasteiger partial charge is 0.236 e. The molecule has 3 nitrogen and oxygen atoms in total. The highest BCUT2D eigenvalue weighted by atomic mass is 35.5. The van der Waals surface area contributed by atoms with Crippen LogP contribution in [0.1, 0.15) is 24.1 Å². The lowest BCUT2D eigenvalue weighted by Crippen LogP contribution is -2.27. The van der Waals surface area contributed by atoms with Gasteiger partial charge in [-0.2, -0.15) is 4.31 Å². The Hall–Kier alpha value is -1.62. The summed E-state index contributed by atoms with van der Waals surface area (Å²) in [6, 6.07) is 16.3. The van der Waals surface area contributed by atoms with Crippen molar-refractivity contribution in [3.63, 3.8) is 0 Å². The molecule has 1 unspecified atom stereocenters. The topological polar surface area (TPSA) is 37.4 Å². The van der Waals surface area contributed by atoms with Crippen molar-refractivity contribution in [1.29, 1.82) is 0 Å². The van der Waals surface area contributed by atoms with E-state index in [1.807, 2.05) is 37.3 Å². The van der Waals surface area contributed by atoms with Gasteiger partial charge in [0, 0.05) is 23.5 Å². The summed E-state index contributed by atoms with van der Waals surface area (Å²) in [5.41, 5.74) is 1.74. The Labute approximate surface area is 136 Å². The molecule has 0 saturated heterocycles. The van der Waals surface area contributed by atoms with Gasteiger partial charge in [0.25, 0.3) is 0 Å². The fraction of sp³-hybridized carbons (Fsp3) is 0.176. The summed E-state index contributed by atoms with van der Waals surface area (Å²) in [5.74, 6) is 0. The standard InChI is InChI=1S/C17H18ClNO2S/c1-14(16-6-4-3-5-7-16)19(2)22(20,21)13-12-15-8-10-17(18)11-9-15/h3-14H,1-2H3/b13-12+. The van der Waals surface area contributed by atoms with Crippen LogP contribution >= 0.6 is 11.6 Å².